The molecule has 1 aromatic heterocycles. The van der Waals surface area contributed by atoms with Gasteiger partial charge in [0.1, 0.15) is 0 Å². The molecular weight excluding hydrogens is 156 g/mol. The molecule has 4 heteroatoms. The standard InChI is InChI=1S/C8H10N2O2/c1-6-7(4-3-5-9-6)10-8(11)12-2/h3-5H,1-2H3,(H,10,11). The molecule has 0 fully saturated rings. The number of carbonyl (C=O) groups is 1. The second-order valence-corrected chi connectivity index (χ2v) is 2.25. The van der Waals surface area contributed by atoms with Crippen LogP contribution in [0.5, 0.6) is 0 Å². The van der Waals surface area contributed by atoms with Crippen LogP contribution < -0.4 is 5.32 Å². The molecular formula is C8H10N2O2. The molecule has 0 spiro atoms. The van der Waals surface area contributed by atoms with Crippen LogP contribution in [0.3, 0.4) is 0 Å². The fraction of sp³-hybridized carbons (Fsp3) is 0.250. The number of nitrogens with zero attached hydrogens (tertiary/aromatic N) is 1. The lowest BCUT2D eigenvalue weighted by molar-refractivity contribution is 0.187. The number of methoxy groups -OCH3 is 1. The van der Waals surface area contributed by atoms with E-state index in [9.17, 15) is 4.79 Å². The van der Waals surface area contributed by atoms with Gasteiger partial charge in [0.25, 0.3) is 0 Å². The molecule has 1 heterocycles. The number of nitrogens with one attached hydrogen (secondary N) is 1. The monoisotopic (exact) mass is 166 g/mol. The van der Waals surface area contributed by atoms with Crippen LogP contribution in [0.4, 0.5) is 10.5 Å². The Labute approximate surface area is 70.6 Å². The fourth-order valence-corrected chi connectivity index (χ4v) is 0.777. The minimum Gasteiger partial charge on any atom is -0.453 e. The van der Waals surface area contributed by atoms with E-state index in [1.54, 1.807) is 18.3 Å². The minimum atomic E-state index is -0.480. The second kappa shape index (κ2) is 3.71. The van der Waals surface area contributed by atoms with Crippen molar-refractivity contribution in [2.24, 2.45) is 0 Å². The Balaban J connectivity index is 2.75. The molecule has 64 valence electrons. The van der Waals surface area contributed by atoms with E-state index in [1.807, 2.05) is 6.92 Å². The average Bonchev–Trinajstić information content (AvgIpc) is 2.09. The summed E-state index contributed by atoms with van der Waals surface area (Å²) in [5, 5.41) is 2.54. The molecule has 0 saturated carbocycles. The zero-order valence-electron chi connectivity index (χ0n) is 7.00. The van der Waals surface area contributed by atoms with E-state index in [0.29, 0.717) is 5.69 Å². The van der Waals surface area contributed by atoms with Gasteiger partial charge < -0.3 is 4.74 Å². The molecule has 0 bridgehead atoms. The molecule has 4 nitrogen and oxygen atoms in total. The highest BCUT2D eigenvalue weighted by atomic mass is 16.5. The van der Waals surface area contributed by atoms with Gasteiger partial charge in [-0.3, -0.25) is 10.3 Å². The molecule has 0 saturated heterocycles. The number of hydrogen-bond acceptors (Lipinski definition) is 3. The number of pyridine rings is 1. The van der Waals surface area contributed by atoms with Crippen LogP contribution in [0, 0.1) is 6.92 Å². The summed E-state index contributed by atoms with van der Waals surface area (Å²) in [7, 11) is 1.32. The Bertz CT molecular complexity index is 286. The highest BCUT2D eigenvalue weighted by Crippen LogP contribution is 2.09. The molecule has 0 aliphatic heterocycles. The van der Waals surface area contributed by atoms with E-state index in [2.05, 4.69) is 15.0 Å². The molecule has 1 N–H and O–H groups in total. The molecule has 0 unspecified atom stereocenters. The Hall–Kier alpha value is -1.58. The third-order valence-corrected chi connectivity index (χ3v) is 1.43. The lowest BCUT2D eigenvalue weighted by Gasteiger charge is -2.04. The van der Waals surface area contributed by atoms with Crippen LogP contribution in [0.2, 0.25) is 0 Å². The number of ether oxygens (including phenoxy) is 1. The summed E-state index contributed by atoms with van der Waals surface area (Å²) >= 11 is 0. The Morgan fingerprint density at radius 1 is 1.67 bits per heavy atom. The lowest BCUT2D eigenvalue weighted by atomic mass is 10.3. The van der Waals surface area contributed by atoms with Gasteiger partial charge in [-0.1, -0.05) is 0 Å². The smallest absolute Gasteiger partial charge is 0.411 e. The van der Waals surface area contributed by atoms with E-state index in [0.717, 1.165) is 5.69 Å². The zero-order chi connectivity index (χ0) is 8.97. The molecule has 0 atom stereocenters. The number of anilines is 1. The second-order valence-electron chi connectivity index (χ2n) is 2.25. The lowest BCUT2D eigenvalue weighted by Crippen LogP contribution is -2.12. The fourth-order valence-electron chi connectivity index (χ4n) is 0.777. The predicted octanol–water partition coefficient (Wildman–Crippen LogP) is 1.57. The maximum Gasteiger partial charge on any atom is 0.411 e. The molecule has 0 aromatic carbocycles. The van der Waals surface area contributed by atoms with Crippen molar-refractivity contribution in [3.05, 3.63) is 24.0 Å². The van der Waals surface area contributed by atoms with Gasteiger partial charge in [-0.25, -0.2) is 4.79 Å². The highest BCUT2D eigenvalue weighted by Gasteiger charge is 2.02. The van der Waals surface area contributed by atoms with Crippen molar-refractivity contribution in [2.45, 2.75) is 6.92 Å². The van der Waals surface area contributed by atoms with Gasteiger partial charge >= 0.3 is 6.09 Å². The van der Waals surface area contributed by atoms with E-state index in [4.69, 9.17) is 0 Å². The Morgan fingerprint density at radius 2 is 2.42 bits per heavy atom. The largest absolute Gasteiger partial charge is 0.453 e. The van der Waals surface area contributed by atoms with Gasteiger partial charge in [0.15, 0.2) is 0 Å². The normalized spacial score (nSPS) is 9.17. The number of carbonyl (C=O) groups excluding carboxylic acids is 1. The summed E-state index contributed by atoms with van der Waals surface area (Å²) in [5.74, 6) is 0. The van der Waals surface area contributed by atoms with Crippen LogP contribution in [0.1, 0.15) is 5.69 Å². The number of hydrogen-bond donors (Lipinski definition) is 1. The van der Waals surface area contributed by atoms with Crippen molar-refractivity contribution in [3.63, 3.8) is 0 Å². The maximum atomic E-state index is 10.8. The number of rotatable bonds is 1. The van der Waals surface area contributed by atoms with Gasteiger partial charge in [0, 0.05) is 6.20 Å². The third kappa shape index (κ3) is 1.95. The number of amides is 1. The first-order chi connectivity index (χ1) is 5.74. The van der Waals surface area contributed by atoms with Crippen LogP contribution >= 0.6 is 0 Å². The summed E-state index contributed by atoms with van der Waals surface area (Å²) in [6, 6.07) is 3.51. The predicted molar refractivity (Wildman–Crippen MR) is 45.0 cm³/mol. The van der Waals surface area contributed by atoms with E-state index in [-0.39, 0.29) is 0 Å². The van der Waals surface area contributed by atoms with Gasteiger partial charge in [0.2, 0.25) is 0 Å². The van der Waals surface area contributed by atoms with Crippen molar-refractivity contribution in [1.29, 1.82) is 0 Å². The Morgan fingerprint density at radius 3 is 3.00 bits per heavy atom. The van der Waals surface area contributed by atoms with Crippen molar-refractivity contribution in [1.82, 2.24) is 4.98 Å². The van der Waals surface area contributed by atoms with Crippen molar-refractivity contribution >= 4 is 11.8 Å². The number of aromatic nitrogens is 1. The topological polar surface area (TPSA) is 51.2 Å². The number of aryl methyl sites for hydroxylation is 1. The molecule has 0 radical (unpaired) electrons. The van der Waals surface area contributed by atoms with E-state index >= 15 is 0 Å². The molecule has 1 amide bonds. The first kappa shape index (κ1) is 8.52. The van der Waals surface area contributed by atoms with Crippen molar-refractivity contribution in [2.75, 3.05) is 12.4 Å². The summed E-state index contributed by atoms with van der Waals surface area (Å²) in [5.41, 5.74) is 1.44. The van der Waals surface area contributed by atoms with Gasteiger partial charge in [0.05, 0.1) is 18.5 Å². The highest BCUT2D eigenvalue weighted by molar-refractivity contribution is 5.84. The summed E-state index contributed by atoms with van der Waals surface area (Å²) in [4.78, 5) is 14.8. The third-order valence-electron chi connectivity index (χ3n) is 1.43. The van der Waals surface area contributed by atoms with Gasteiger partial charge in [-0.15, -0.1) is 0 Å². The van der Waals surface area contributed by atoms with Crippen LogP contribution in [-0.4, -0.2) is 18.2 Å². The minimum absolute atomic E-state index is 0.480. The van der Waals surface area contributed by atoms with E-state index < -0.39 is 6.09 Å². The first-order valence-corrected chi connectivity index (χ1v) is 3.50. The zero-order valence-corrected chi connectivity index (χ0v) is 7.00. The Kier molecular flexibility index (Phi) is 2.63. The quantitative estimate of drug-likeness (QED) is 0.688. The van der Waals surface area contributed by atoms with Gasteiger partial charge in [-0.05, 0) is 19.1 Å². The molecule has 0 aliphatic carbocycles. The molecule has 1 aromatic rings. The average molecular weight is 166 g/mol. The van der Waals surface area contributed by atoms with Crippen molar-refractivity contribution in [3.8, 4) is 0 Å². The summed E-state index contributed by atoms with van der Waals surface area (Å²) < 4.78 is 4.43. The molecule has 0 aliphatic rings. The van der Waals surface area contributed by atoms with Crippen LogP contribution in [-0.2, 0) is 4.74 Å². The first-order valence-electron chi connectivity index (χ1n) is 3.50. The van der Waals surface area contributed by atoms with E-state index in [1.165, 1.54) is 7.11 Å². The van der Waals surface area contributed by atoms with Crippen LogP contribution in [0.25, 0.3) is 0 Å². The summed E-state index contributed by atoms with van der Waals surface area (Å²) in [6.45, 7) is 1.81. The molecule has 1 rings (SSSR count). The molecule has 12 heavy (non-hydrogen) atoms. The SMILES string of the molecule is COC(=O)Nc1cccnc1C. The van der Waals surface area contributed by atoms with Gasteiger partial charge in [-0.2, -0.15) is 0 Å². The van der Waals surface area contributed by atoms with Crippen LogP contribution in [0.15, 0.2) is 18.3 Å². The van der Waals surface area contributed by atoms with Crippen molar-refractivity contribution < 1.29 is 9.53 Å². The summed E-state index contributed by atoms with van der Waals surface area (Å²) in [6.07, 6.45) is 1.18. The maximum absolute atomic E-state index is 10.8.